The molecule has 0 aliphatic carbocycles. The van der Waals surface area contributed by atoms with Gasteiger partial charge in [-0.2, -0.15) is 0 Å². The number of hydrogen-bond donors (Lipinski definition) is 1. The maximum absolute atomic E-state index is 5.60. The van der Waals surface area contributed by atoms with E-state index in [1.54, 1.807) is 4.68 Å². The van der Waals surface area contributed by atoms with Crippen LogP contribution in [-0.4, -0.2) is 21.6 Å². The summed E-state index contributed by atoms with van der Waals surface area (Å²) in [7, 11) is 0. The molecular formula is C13H18N4O. The Labute approximate surface area is 107 Å². The topological polar surface area (TPSA) is 66.0 Å². The molecular weight excluding hydrogens is 228 g/mol. The van der Waals surface area contributed by atoms with E-state index < -0.39 is 0 Å². The number of rotatable bonds is 6. The predicted octanol–water partition coefficient (Wildman–Crippen LogP) is 1.90. The lowest BCUT2D eigenvalue weighted by atomic mass is 10.3. The number of nitrogens with zero attached hydrogens (tertiary/aromatic N) is 3. The largest absolute Gasteiger partial charge is 0.494 e. The summed E-state index contributed by atoms with van der Waals surface area (Å²) in [6, 6.07) is 7.79. The molecule has 2 rings (SSSR count). The third kappa shape index (κ3) is 3.07. The molecule has 5 nitrogen and oxygen atoms in total. The average molecular weight is 246 g/mol. The van der Waals surface area contributed by atoms with Gasteiger partial charge in [-0.25, -0.2) is 4.68 Å². The van der Waals surface area contributed by atoms with Gasteiger partial charge in [0.2, 0.25) is 0 Å². The van der Waals surface area contributed by atoms with Crippen molar-refractivity contribution in [2.45, 2.75) is 26.3 Å². The summed E-state index contributed by atoms with van der Waals surface area (Å²) in [5.74, 6) is 0.881. The molecule has 1 aromatic heterocycles. The minimum atomic E-state index is 0.401. The van der Waals surface area contributed by atoms with E-state index in [4.69, 9.17) is 10.5 Å². The van der Waals surface area contributed by atoms with Crippen LogP contribution in [0.5, 0.6) is 5.75 Å². The van der Waals surface area contributed by atoms with Crippen molar-refractivity contribution < 1.29 is 4.74 Å². The maximum atomic E-state index is 5.60. The number of unbranched alkanes of at least 4 members (excludes halogenated alkanes) is 1. The van der Waals surface area contributed by atoms with Crippen molar-refractivity contribution in [2.75, 3.05) is 6.61 Å². The zero-order valence-electron chi connectivity index (χ0n) is 10.5. The number of hydrogen-bond acceptors (Lipinski definition) is 4. The number of benzene rings is 1. The summed E-state index contributed by atoms with van der Waals surface area (Å²) in [4.78, 5) is 0. The molecule has 2 aromatic rings. The lowest BCUT2D eigenvalue weighted by Crippen LogP contribution is -1.98. The van der Waals surface area contributed by atoms with Crippen molar-refractivity contribution in [3.8, 4) is 11.4 Å². The highest BCUT2D eigenvalue weighted by Crippen LogP contribution is 2.15. The van der Waals surface area contributed by atoms with E-state index in [1.807, 2.05) is 30.5 Å². The summed E-state index contributed by atoms with van der Waals surface area (Å²) >= 11 is 0. The van der Waals surface area contributed by atoms with Gasteiger partial charge in [0.15, 0.2) is 0 Å². The number of nitrogens with two attached hydrogens (primary N) is 1. The highest BCUT2D eigenvalue weighted by Gasteiger charge is 2.01. The molecule has 0 saturated heterocycles. The van der Waals surface area contributed by atoms with Crippen LogP contribution >= 0.6 is 0 Å². The molecule has 0 radical (unpaired) electrons. The molecule has 0 atom stereocenters. The Morgan fingerprint density at radius 2 is 2.06 bits per heavy atom. The minimum absolute atomic E-state index is 0.401. The fraction of sp³-hybridized carbons (Fsp3) is 0.385. The van der Waals surface area contributed by atoms with Gasteiger partial charge in [0, 0.05) is 6.54 Å². The second kappa shape index (κ2) is 6.16. The van der Waals surface area contributed by atoms with Crippen LogP contribution in [0.4, 0.5) is 0 Å². The predicted molar refractivity (Wildman–Crippen MR) is 69.7 cm³/mol. The first-order chi connectivity index (χ1) is 8.83. The second-order valence-electron chi connectivity index (χ2n) is 4.05. The lowest BCUT2D eigenvalue weighted by molar-refractivity contribution is 0.309. The molecule has 0 bridgehead atoms. The Morgan fingerprint density at radius 3 is 2.67 bits per heavy atom. The van der Waals surface area contributed by atoms with Crippen molar-refractivity contribution in [3.05, 3.63) is 36.2 Å². The van der Waals surface area contributed by atoms with E-state index in [9.17, 15) is 0 Å². The van der Waals surface area contributed by atoms with E-state index >= 15 is 0 Å². The highest BCUT2D eigenvalue weighted by atomic mass is 16.5. The van der Waals surface area contributed by atoms with Gasteiger partial charge >= 0.3 is 0 Å². The lowest BCUT2D eigenvalue weighted by Gasteiger charge is -2.06. The van der Waals surface area contributed by atoms with Crippen LogP contribution in [-0.2, 0) is 6.54 Å². The zero-order chi connectivity index (χ0) is 12.8. The van der Waals surface area contributed by atoms with Crippen molar-refractivity contribution in [3.63, 3.8) is 0 Å². The summed E-state index contributed by atoms with van der Waals surface area (Å²) in [5.41, 5.74) is 7.22. The van der Waals surface area contributed by atoms with Crippen LogP contribution in [0.15, 0.2) is 30.5 Å². The SMILES string of the molecule is CCCCOc1ccc(-n2cc(CN)nn2)cc1. The Morgan fingerprint density at radius 1 is 1.28 bits per heavy atom. The molecule has 2 N–H and O–H groups in total. The van der Waals surface area contributed by atoms with Crippen molar-refractivity contribution in [1.29, 1.82) is 0 Å². The van der Waals surface area contributed by atoms with Crippen LogP contribution in [0, 0.1) is 0 Å². The molecule has 0 unspecified atom stereocenters. The van der Waals surface area contributed by atoms with Gasteiger partial charge < -0.3 is 10.5 Å². The van der Waals surface area contributed by atoms with Crippen LogP contribution in [0.25, 0.3) is 5.69 Å². The third-order valence-corrected chi connectivity index (χ3v) is 2.62. The summed E-state index contributed by atoms with van der Waals surface area (Å²) in [6.07, 6.45) is 4.04. The molecule has 18 heavy (non-hydrogen) atoms. The zero-order valence-corrected chi connectivity index (χ0v) is 10.5. The van der Waals surface area contributed by atoms with Crippen molar-refractivity contribution in [1.82, 2.24) is 15.0 Å². The normalized spacial score (nSPS) is 10.6. The molecule has 0 aliphatic heterocycles. The average Bonchev–Trinajstić information content (AvgIpc) is 2.89. The van der Waals surface area contributed by atoms with Crippen LogP contribution in [0.1, 0.15) is 25.5 Å². The Kier molecular flexibility index (Phi) is 4.30. The first-order valence-corrected chi connectivity index (χ1v) is 6.18. The summed E-state index contributed by atoms with van der Waals surface area (Å²) in [6.45, 7) is 3.31. The molecule has 1 aromatic carbocycles. The number of aromatic nitrogens is 3. The Bertz CT molecular complexity index is 478. The maximum Gasteiger partial charge on any atom is 0.119 e. The van der Waals surface area contributed by atoms with E-state index in [2.05, 4.69) is 17.2 Å². The van der Waals surface area contributed by atoms with Gasteiger partial charge in [0.05, 0.1) is 24.2 Å². The molecule has 0 aliphatic rings. The molecule has 0 saturated carbocycles. The van der Waals surface area contributed by atoms with Gasteiger partial charge in [-0.15, -0.1) is 5.10 Å². The monoisotopic (exact) mass is 246 g/mol. The van der Waals surface area contributed by atoms with Gasteiger partial charge in [0.1, 0.15) is 5.75 Å². The quantitative estimate of drug-likeness (QED) is 0.791. The van der Waals surface area contributed by atoms with Gasteiger partial charge in [-0.3, -0.25) is 0 Å². The minimum Gasteiger partial charge on any atom is -0.494 e. The van der Waals surface area contributed by atoms with Crippen LogP contribution < -0.4 is 10.5 Å². The second-order valence-corrected chi connectivity index (χ2v) is 4.05. The molecule has 96 valence electrons. The fourth-order valence-electron chi connectivity index (χ4n) is 1.55. The molecule has 0 spiro atoms. The molecule has 0 fully saturated rings. The summed E-state index contributed by atoms with van der Waals surface area (Å²) < 4.78 is 7.30. The van der Waals surface area contributed by atoms with Crippen LogP contribution in [0.3, 0.4) is 0 Å². The van der Waals surface area contributed by atoms with Gasteiger partial charge in [-0.05, 0) is 30.7 Å². The first kappa shape index (κ1) is 12.6. The molecule has 5 heteroatoms. The highest BCUT2D eigenvalue weighted by molar-refractivity contribution is 5.36. The van der Waals surface area contributed by atoms with E-state index in [0.717, 1.165) is 36.6 Å². The van der Waals surface area contributed by atoms with Gasteiger partial charge in [-0.1, -0.05) is 18.6 Å². The first-order valence-electron chi connectivity index (χ1n) is 6.18. The van der Waals surface area contributed by atoms with Crippen molar-refractivity contribution >= 4 is 0 Å². The van der Waals surface area contributed by atoms with Crippen molar-refractivity contribution in [2.24, 2.45) is 5.73 Å². The van der Waals surface area contributed by atoms with Gasteiger partial charge in [0.25, 0.3) is 0 Å². The Hall–Kier alpha value is -1.88. The molecule has 1 heterocycles. The van der Waals surface area contributed by atoms with E-state index in [-0.39, 0.29) is 0 Å². The molecule has 0 amide bonds. The fourth-order valence-corrected chi connectivity index (χ4v) is 1.55. The number of ether oxygens (including phenoxy) is 1. The summed E-state index contributed by atoms with van der Waals surface area (Å²) in [5, 5.41) is 7.96. The Balaban J connectivity index is 2.02. The van der Waals surface area contributed by atoms with E-state index in [0.29, 0.717) is 6.54 Å². The third-order valence-electron chi connectivity index (χ3n) is 2.62. The van der Waals surface area contributed by atoms with E-state index in [1.165, 1.54) is 0 Å². The van der Waals surface area contributed by atoms with Crippen LogP contribution in [0.2, 0.25) is 0 Å². The standard InChI is InChI=1S/C13H18N4O/c1-2-3-8-18-13-6-4-12(5-7-13)17-10-11(9-14)15-16-17/h4-7,10H,2-3,8-9,14H2,1H3. The smallest absolute Gasteiger partial charge is 0.119 e.